The Hall–Kier alpha value is -2.08. The molecule has 1 aromatic carbocycles. The zero-order valence-corrected chi connectivity index (χ0v) is 19.5. The van der Waals surface area contributed by atoms with E-state index in [1.54, 1.807) is 0 Å². The van der Waals surface area contributed by atoms with Crippen LogP contribution in [0, 0.1) is 12.8 Å². The third kappa shape index (κ3) is 8.34. The van der Waals surface area contributed by atoms with E-state index in [1.165, 1.54) is 5.56 Å². The molecule has 168 valence electrons. The molecule has 1 heterocycles. The van der Waals surface area contributed by atoms with Crippen LogP contribution in [0.25, 0.3) is 0 Å². The van der Waals surface area contributed by atoms with Crippen molar-refractivity contribution < 1.29 is 14.3 Å². The first kappa shape index (κ1) is 24.2. The SMILES string of the molecule is Cc1ccc(CNC(=O)CN2CCCC(CN(C(=O)OC(C)(C)C)C(C)C)C2)cc1. The first-order valence-electron chi connectivity index (χ1n) is 11.1. The van der Waals surface area contributed by atoms with Gasteiger partial charge in [-0.2, -0.15) is 0 Å². The lowest BCUT2D eigenvalue weighted by Crippen LogP contribution is -2.48. The predicted octanol–water partition coefficient (Wildman–Crippen LogP) is 3.97. The van der Waals surface area contributed by atoms with Gasteiger partial charge in [-0.1, -0.05) is 29.8 Å². The van der Waals surface area contributed by atoms with Gasteiger partial charge in [0.05, 0.1) is 6.54 Å². The Labute approximate surface area is 182 Å². The standard InChI is InChI=1S/C24H39N3O3/c1-18(2)27(23(29)30-24(4,5)6)16-21-8-7-13-26(15-21)17-22(28)25-14-20-11-9-19(3)10-12-20/h9-12,18,21H,7-8,13-17H2,1-6H3,(H,25,28). The van der Waals surface area contributed by atoms with Crippen LogP contribution in [0.5, 0.6) is 0 Å². The number of amides is 2. The maximum absolute atomic E-state index is 12.6. The molecule has 6 heteroatoms. The fraction of sp³-hybridized carbons (Fsp3) is 0.667. The summed E-state index contributed by atoms with van der Waals surface area (Å²) in [5.74, 6) is 0.391. The highest BCUT2D eigenvalue weighted by molar-refractivity contribution is 5.78. The van der Waals surface area contributed by atoms with Crippen molar-refractivity contribution in [1.82, 2.24) is 15.1 Å². The Bertz CT molecular complexity index is 695. The van der Waals surface area contributed by atoms with Crippen molar-refractivity contribution >= 4 is 12.0 Å². The van der Waals surface area contributed by atoms with Crippen LogP contribution >= 0.6 is 0 Å². The number of nitrogens with zero attached hydrogens (tertiary/aromatic N) is 2. The van der Waals surface area contributed by atoms with Gasteiger partial charge >= 0.3 is 6.09 Å². The molecular weight excluding hydrogens is 378 g/mol. The van der Waals surface area contributed by atoms with E-state index in [1.807, 2.05) is 51.7 Å². The van der Waals surface area contributed by atoms with Gasteiger partial charge in [-0.3, -0.25) is 9.69 Å². The second kappa shape index (κ2) is 10.8. The summed E-state index contributed by atoms with van der Waals surface area (Å²) in [6.07, 6.45) is 1.84. The highest BCUT2D eigenvalue weighted by atomic mass is 16.6. The van der Waals surface area contributed by atoms with E-state index < -0.39 is 5.60 Å². The number of hydrogen-bond acceptors (Lipinski definition) is 4. The Morgan fingerprint density at radius 1 is 1.23 bits per heavy atom. The molecule has 0 aromatic heterocycles. The van der Waals surface area contributed by atoms with Crippen LogP contribution in [-0.2, 0) is 16.1 Å². The van der Waals surface area contributed by atoms with Gasteiger partial charge in [0, 0.05) is 25.7 Å². The Balaban J connectivity index is 1.83. The molecule has 1 aliphatic heterocycles. The molecule has 30 heavy (non-hydrogen) atoms. The van der Waals surface area contributed by atoms with Gasteiger partial charge in [-0.25, -0.2) is 4.79 Å². The van der Waals surface area contributed by atoms with E-state index >= 15 is 0 Å². The predicted molar refractivity (Wildman–Crippen MR) is 120 cm³/mol. The molecule has 1 unspecified atom stereocenters. The summed E-state index contributed by atoms with van der Waals surface area (Å²) in [7, 11) is 0. The van der Waals surface area contributed by atoms with Crippen LogP contribution in [0.2, 0.25) is 0 Å². The first-order chi connectivity index (χ1) is 14.0. The second-order valence-corrected chi connectivity index (χ2v) is 9.73. The summed E-state index contributed by atoms with van der Waals surface area (Å²) < 4.78 is 5.58. The lowest BCUT2D eigenvalue weighted by atomic mass is 9.97. The molecule has 0 bridgehead atoms. The molecule has 1 aromatic rings. The van der Waals surface area contributed by atoms with E-state index in [9.17, 15) is 9.59 Å². The van der Waals surface area contributed by atoms with E-state index in [-0.39, 0.29) is 18.0 Å². The third-order valence-corrected chi connectivity index (χ3v) is 5.29. The molecule has 0 aliphatic carbocycles. The number of carbonyl (C=O) groups is 2. The van der Waals surface area contributed by atoms with Gasteiger partial charge in [0.15, 0.2) is 0 Å². The third-order valence-electron chi connectivity index (χ3n) is 5.29. The monoisotopic (exact) mass is 417 g/mol. The van der Waals surface area contributed by atoms with Crippen LogP contribution in [0.1, 0.15) is 58.6 Å². The molecule has 1 fully saturated rings. The number of aryl methyl sites for hydroxylation is 1. The number of hydrogen-bond donors (Lipinski definition) is 1. The fourth-order valence-electron chi connectivity index (χ4n) is 3.70. The summed E-state index contributed by atoms with van der Waals surface area (Å²) in [6.45, 7) is 15.1. The maximum Gasteiger partial charge on any atom is 0.410 e. The van der Waals surface area contributed by atoms with Crippen LogP contribution in [0.3, 0.4) is 0 Å². The molecule has 0 spiro atoms. The fourth-order valence-corrected chi connectivity index (χ4v) is 3.70. The number of rotatable bonds is 7. The average Bonchev–Trinajstić information content (AvgIpc) is 2.64. The lowest BCUT2D eigenvalue weighted by molar-refractivity contribution is -0.122. The summed E-state index contributed by atoms with van der Waals surface area (Å²) in [5.41, 5.74) is 1.82. The average molecular weight is 418 g/mol. The van der Waals surface area contributed by atoms with E-state index in [0.29, 0.717) is 25.6 Å². The number of ether oxygens (including phenoxy) is 1. The summed E-state index contributed by atoms with van der Waals surface area (Å²) in [5, 5.41) is 3.02. The van der Waals surface area contributed by atoms with Crippen molar-refractivity contribution in [3.8, 4) is 0 Å². The van der Waals surface area contributed by atoms with E-state index in [4.69, 9.17) is 4.74 Å². The van der Waals surface area contributed by atoms with Crippen molar-refractivity contribution in [3.63, 3.8) is 0 Å². The highest BCUT2D eigenvalue weighted by Crippen LogP contribution is 2.20. The minimum Gasteiger partial charge on any atom is -0.444 e. The van der Waals surface area contributed by atoms with Crippen molar-refractivity contribution in [1.29, 1.82) is 0 Å². The summed E-state index contributed by atoms with van der Waals surface area (Å²) in [6, 6.07) is 8.28. The number of carbonyl (C=O) groups excluding carboxylic acids is 2. The molecule has 1 N–H and O–H groups in total. The van der Waals surface area contributed by atoms with Crippen LogP contribution < -0.4 is 5.32 Å². The van der Waals surface area contributed by atoms with Gasteiger partial charge in [-0.05, 0) is 72.4 Å². The quantitative estimate of drug-likeness (QED) is 0.729. The van der Waals surface area contributed by atoms with Crippen molar-refractivity contribution in [2.45, 2.75) is 72.6 Å². The molecule has 0 saturated carbocycles. The van der Waals surface area contributed by atoms with Crippen LogP contribution in [0.15, 0.2) is 24.3 Å². The number of benzene rings is 1. The topological polar surface area (TPSA) is 61.9 Å². The van der Waals surface area contributed by atoms with Crippen LogP contribution in [-0.4, -0.2) is 59.6 Å². The first-order valence-corrected chi connectivity index (χ1v) is 11.1. The minimum atomic E-state index is -0.502. The zero-order chi connectivity index (χ0) is 22.3. The van der Waals surface area contributed by atoms with Crippen molar-refractivity contribution in [2.75, 3.05) is 26.2 Å². The largest absolute Gasteiger partial charge is 0.444 e. The number of likely N-dealkylation sites (tertiary alicyclic amines) is 1. The van der Waals surface area contributed by atoms with Crippen molar-refractivity contribution in [2.24, 2.45) is 5.92 Å². The number of piperidine rings is 1. The highest BCUT2D eigenvalue weighted by Gasteiger charge is 2.29. The van der Waals surface area contributed by atoms with E-state index in [2.05, 4.69) is 29.3 Å². The van der Waals surface area contributed by atoms with E-state index in [0.717, 1.165) is 31.5 Å². The normalized spacial score (nSPS) is 17.6. The Morgan fingerprint density at radius 2 is 1.90 bits per heavy atom. The molecular formula is C24H39N3O3. The van der Waals surface area contributed by atoms with Gasteiger partial charge < -0.3 is 15.0 Å². The molecule has 0 radical (unpaired) electrons. The zero-order valence-electron chi connectivity index (χ0n) is 19.5. The summed E-state index contributed by atoms with van der Waals surface area (Å²) in [4.78, 5) is 29.0. The molecule has 2 rings (SSSR count). The molecule has 2 amide bonds. The molecule has 1 atom stereocenters. The second-order valence-electron chi connectivity index (χ2n) is 9.73. The van der Waals surface area contributed by atoms with Crippen molar-refractivity contribution in [3.05, 3.63) is 35.4 Å². The molecule has 6 nitrogen and oxygen atoms in total. The molecule has 1 aliphatic rings. The minimum absolute atomic E-state index is 0.0454. The summed E-state index contributed by atoms with van der Waals surface area (Å²) >= 11 is 0. The van der Waals surface area contributed by atoms with Crippen LogP contribution in [0.4, 0.5) is 4.79 Å². The smallest absolute Gasteiger partial charge is 0.410 e. The van der Waals surface area contributed by atoms with Gasteiger partial charge in [0.2, 0.25) is 5.91 Å². The molecule has 1 saturated heterocycles. The number of nitrogens with one attached hydrogen (secondary N) is 1. The van der Waals surface area contributed by atoms with Gasteiger partial charge in [0.1, 0.15) is 5.60 Å². The Morgan fingerprint density at radius 3 is 2.50 bits per heavy atom. The lowest BCUT2D eigenvalue weighted by Gasteiger charge is -2.37. The maximum atomic E-state index is 12.6. The van der Waals surface area contributed by atoms with Gasteiger partial charge in [0.25, 0.3) is 0 Å². The Kier molecular flexibility index (Phi) is 8.71. The van der Waals surface area contributed by atoms with Gasteiger partial charge in [-0.15, -0.1) is 0 Å².